The van der Waals surface area contributed by atoms with Crippen LogP contribution < -0.4 is 5.22 Å². The van der Waals surface area contributed by atoms with Gasteiger partial charge >= 0.3 is 0 Å². The molecule has 104 valence electrons. The molecule has 7 nitrogen and oxygen atoms in total. The summed E-state index contributed by atoms with van der Waals surface area (Å²) in [6.45, 7) is 9.24. The Kier molecular flexibility index (Phi) is 2.60. The molecule has 1 saturated heterocycles. The number of carbonyl (C=O) groups excluding carboxylic acids is 2. The van der Waals surface area contributed by atoms with Crippen molar-refractivity contribution < 1.29 is 9.59 Å². The maximum absolute atomic E-state index is 12.1. The van der Waals surface area contributed by atoms with Crippen LogP contribution >= 0.6 is 0 Å². The molecule has 0 bridgehead atoms. The van der Waals surface area contributed by atoms with Crippen LogP contribution in [0.3, 0.4) is 0 Å². The molecule has 1 fully saturated rings. The van der Waals surface area contributed by atoms with E-state index in [4.69, 9.17) is 0 Å². The molecule has 2 amide bonds. The summed E-state index contributed by atoms with van der Waals surface area (Å²) in [5.74, 6) is -0.137. The van der Waals surface area contributed by atoms with Gasteiger partial charge in [0.1, 0.15) is 0 Å². The average Bonchev–Trinajstić information content (AvgIpc) is 2.98. The minimum absolute atomic E-state index is 0.169. The van der Waals surface area contributed by atoms with Gasteiger partial charge in [-0.15, -0.1) is 10.2 Å². The molecule has 3 heterocycles. The van der Waals surface area contributed by atoms with E-state index in [1.807, 2.05) is 6.92 Å². The van der Waals surface area contributed by atoms with Gasteiger partial charge in [0.25, 0.3) is 0 Å². The molecule has 1 aliphatic heterocycles. The summed E-state index contributed by atoms with van der Waals surface area (Å²) < 4.78 is 1.56. The maximum Gasteiger partial charge on any atom is 0.233 e. The molecule has 7 heteroatoms. The van der Waals surface area contributed by atoms with Crippen LogP contribution in [0.15, 0.2) is 0 Å². The minimum atomic E-state index is -0.483. The molecule has 2 aromatic rings. The third-order valence-corrected chi connectivity index (χ3v) is 3.79. The fraction of sp³-hybridized carbons (Fsp3) is 0.462. The lowest BCUT2D eigenvalue weighted by atomic mass is 10.1. The van der Waals surface area contributed by atoms with Crippen molar-refractivity contribution >= 4 is 24.0 Å². The van der Waals surface area contributed by atoms with Gasteiger partial charge in [0.15, 0.2) is 11.5 Å². The largest absolute Gasteiger partial charge is 0.274 e. The van der Waals surface area contributed by atoms with Crippen LogP contribution in [0.2, 0.25) is 0 Å². The summed E-state index contributed by atoms with van der Waals surface area (Å²) in [7, 11) is 0. The van der Waals surface area contributed by atoms with Gasteiger partial charge in [-0.2, -0.15) is 9.61 Å². The van der Waals surface area contributed by atoms with E-state index in [0.29, 0.717) is 16.7 Å². The fourth-order valence-electron chi connectivity index (χ4n) is 2.54. The lowest BCUT2D eigenvalue weighted by Gasteiger charge is -2.20. The Hall–Kier alpha value is -2.31. The Morgan fingerprint density at radius 1 is 1.35 bits per heavy atom. The topological polar surface area (TPSA) is 80.5 Å². The molecule has 20 heavy (non-hydrogen) atoms. The molecule has 0 N–H and O–H groups in total. The zero-order valence-corrected chi connectivity index (χ0v) is 11.6. The molecule has 3 rings (SSSR count). The summed E-state index contributed by atoms with van der Waals surface area (Å²) in [6, 6.07) is -0.483. The van der Waals surface area contributed by atoms with Gasteiger partial charge in [-0.3, -0.25) is 14.5 Å². The summed E-state index contributed by atoms with van der Waals surface area (Å²) in [5.41, 5.74) is 1.33. The van der Waals surface area contributed by atoms with E-state index in [1.165, 1.54) is 4.90 Å². The van der Waals surface area contributed by atoms with Crippen molar-refractivity contribution in [1.29, 1.82) is 0 Å². The lowest BCUT2D eigenvalue weighted by molar-refractivity contribution is -0.141. The predicted octanol–water partition coefficient (Wildman–Crippen LogP) is 0.0179. The Balaban J connectivity index is 2.07. The Morgan fingerprint density at radius 3 is 2.65 bits per heavy atom. The van der Waals surface area contributed by atoms with E-state index in [9.17, 15) is 9.59 Å². The number of likely N-dealkylation sites (tertiary alicyclic amines) is 1. The summed E-state index contributed by atoms with van der Waals surface area (Å²) in [4.78, 5) is 25.3. The quantitative estimate of drug-likeness (QED) is 0.720. The highest BCUT2D eigenvalue weighted by Gasteiger charge is 2.40. The van der Waals surface area contributed by atoms with Crippen molar-refractivity contribution in [2.45, 2.75) is 33.2 Å². The third kappa shape index (κ3) is 1.55. The van der Waals surface area contributed by atoms with Gasteiger partial charge in [0, 0.05) is 17.6 Å². The van der Waals surface area contributed by atoms with Gasteiger partial charge in [-0.05, 0) is 13.8 Å². The minimum Gasteiger partial charge on any atom is -0.274 e. The first-order valence-electron chi connectivity index (χ1n) is 6.48. The molecule has 2 unspecified atom stereocenters. The highest BCUT2D eigenvalue weighted by molar-refractivity contribution is 6.03. The summed E-state index contributed by atoms with van der Waals surface area (Å²) in [5, 5.41) is 13.1. The van der Waals surface area contributed by atoms with Crippen molar-refractivity contribution in [2.75, 3.05) is 0 Å². The van der Waals surface area contributed by atoms with E-state index < -0.39 is 6.04 Å². The molecular weight excluding hydrogens is 258 g/mol. The summed E-state index contributed by atoms with van der Waals surface area (Å²) in [6.07, 6.45) is 0.249. The second kappa shape index (κ2) is 4.09. The smallest absolute Gasteiger partial charge is 0.233 e. The van der Waals surface area contributed by atoms with Crippen LogP contribution in [0.5, 0.6) is 0 Å². The first-order chi connectivity index (χ1) is 9.41. The van der Waals surface area contributed by atoms with E-state index in [-0.39, 0.29) is 24.2 Å². The third-order valence-electron chi connectivity index (χ3n) is 3.79. The molecule has 0 radical (unpaired) electrons. The monoisotopic (exact) mass is 273 g/mol. The van der Waals surface area contributed by atoms with Crippen LogP contribution in [0.1, 0.15) is 37.8 Å². The molecule has 0 saturated carbocycles. The molecular formula is C13H15N5O2. The molecule has 2 atom stereocenters. The van der Waals surface area contributed by atoms with Crippen molar-refractivity contribution in [3.63, 3.8) is 0 Å². The average molecular weight is 273 g/mol. The number of carbonyl (C=O) groups is 2. The molecule has 1 aliphatic rings. The number of imide groups is 1. The molecule has 0 aliphatic carbocycles. The van der Waals surface area contributed by atoms with Gasteiger partial charge in [0.05, 0.1) is 11.7 Å². The number of aryl methyl sites for hydroxylation is 1. The highest BCUT2D eigenvalue weighted by Crippen LogP contribution is 2.28. The molecule has 0 spiro atoms. The SMILES string of the molecule is C=c1c(C)nn2c(C(C)N3C(=O)CC(C)C3=O)nnc12. The fourth-order valence-corrected chi connectivity index (χ4v) is 2.54. The molecule has 0 aromatic carbocycles. The number of rotatable bonds is 2. The second-order valence-corrected chi connectivity index (χ2v) is 5.24. The van der Waals surface area contributed by atoms with Crippen LogP contribution in [-0.4, -0.2) is 36.5 Å². The van der Waals surface area contributed by atoms with Crippen LogP contribution in [-0.2, 0) is 9.59 Å². The predicted molar refractivity (Wildman–Crippen MR) is 70.3 cm³/mol. The van der Waals surface area contributed by atoms with Crippen LogP contribution in [0, 0.1) is 12.8 Å². The van der Waals surface area contributed by atoms with Crippen molar-refractivity contribution in [1.82, 2.24) is 24.7 Å². The highest BCUT2D eigenvalue weighted by atomic mass is 16.2. The van der Waals surface area contributed by atoms with Gasteiger partial charge < -0.3 is 0 Å². The van der Waals surface area contributed by atoms with Crippen molar-refractivity contribution in [3.05, 3.63) is 16.7 Å². The maximum atomic E-state index is 12.1. The summed E-state index contributed by atoms with van der Waals surface area (Å²) >= 11 is 0. The zero-order valence-electron chi connectivity index (χ0n) is 11.6. The van der Waals surface area contributed by atoms with E-state index in [0.717, 1.165) is 5.69 Å². The van der Waals surface area contributed by atoms with Crippen molar-refractivity contribution in [2.24, 2.45) is 5.92 Å². The number of fused-ring (bicyclic) bond motifs is 1. The van der Waals surface area contributed by atoms with Gasteiger partial charge in [-0.25, -0.2) is 0 Å². The standard InChI is InChI=1S/C13H15N5O2/c1-6-5-10(19)17(13(6)20)9(4)12-15-14-11-7(2)8(3)16-18(11)12/h6,9H,2,5H2,1,3-4H3. The van der Waals surface area contributed by atoms with E-state index >= 15 is 0 Å². The number of amides is 2. The number of nitrogens with zero attached hydrogens (tertiary/aromatic N) is 5. The lowest BCUT2D eigenvalue weighted by Crippen LogP contribution is -2.34. The number of aromatic nitrogens is 4. The van der Waals surface area contributed by atoms with Crippen molar-refractivity contribution in [3.8, 4) is 0 Å². The second-order valence-electron chi connectivity index (χ2n) is 5.24. The Bertz CT molecular complexity index is 765. The first-order valence-corrected chi connectivity index (χ1v) is 6.48. The Morgan fingerprint density at radius 2 is 2.05 bits per heavy atom. The number of hydrogen-bond acceptors (Lipinski definition) is 5. The van der Waals surface area contributed by atoms with E-state index in [1.54, 1.807) is 18.4 Å². The Labute approximate surface area is 115 Å². The van der Waals surface area contributed by atoms with E-state index in [2.05, 4.69) is 21.9 Å². The number of hydrogen-bond donors (Lipinski definition) is 0. The molecule has 2 aromatic heterocycles. The van der Waals surface area contributed by atoms with Gasteiger partial charge in [-0.1, -0.05) is 13.5 Å². The zero-order chi connectivity index (χ0) is 14.6. The van der Waals surface area contributed by atoms with Gasteiger partial charge in [0.2, 0.25) is 11.8 Å². The first kappa shape index (κ1) is 12.7. The van der Waals surface area contributed by atoms with Crippen LogP contribution in [0.25, 0.3) is 12.2 Å². The van der Waals surface area contributed by atoms with Crippen LogP contribution in [0.4, 0.5) is 0 Å². The normalized spacial score (nSPS) is 21.1.